The lowest BCUT2D eigenvalue weighted by atomic mass is 9.87. The Bertz CT molecular complexity index is 305. The molecule has 0 radical (unpaired) electrons. The van der Waals surface area contributed by atoms with Gasteiger partial charge in [-0.3, -0.25) is 5.32 Å². The van der Waals surface area contributed by atoms with Crippen molar-refractivity contribution in [2.45, 2.75) is 38.3 Å². The summed E-state index contributed by atoms with van der Waals surface area (Å²) in [5.41, 5.74) is 8.12. The predicted octanol–water partition coefficient (Wildman–Crippen LogP) is 0.668. The van der Waals surface area contributed by atoms with Crippen molar-refractivity contribution in [3.05, 3.63) is 11.3 Å². The second-order valence-electron chi connectivity index (χ2n) is 4.11. The van der Waals surface area contributed by atoms with Gasteiger partial charge in [0.1, 0.15) is 5.66 Å². The summed E-state index contributed by atoms with van der Waals surface area (Å²) in [5, 5.41) is 6.42. The van der Waals surface area contributed by atoms with E-state index in [9.17, 15) is 0 Å². The lowest BCUT2D eigenvalue weighted by Crippen LogP contribution is -2.50. The molecule has 0 fully saturated rings. The first-order chi connectivity index (χ1) is 6.65. The van der Waals surface area contributed by atoms with E-state index in [1.807, 2.05) is 7.05 Å². The first kappa shape index (κ1) is 9.52. The largest absolute Gasteiger partial charge is 0.370 e. The van der Waals surface area contributed by atoms with Gasteiger partial charge in [-0.25, -0.2) is 4.99 Å². The minimum absolute atomic E-state index is 0.287. The van der Waals surface area contributed by atoms with Crippen molar-refractivity contribution in [1.29, 1.82) is 0 Å². The van der Waals surface area contributed by atoms with Crippen LogP contribution in [0.4, 0.5) is 0 Å². The summed E-state index contributed by atoms with van der Waals surface area (Å²) in [4.78, 5) is 4.43. The number of hydrogen-bond acceptors (Lipinski definition) is 4. The highest BCUT2D eigenvalue weighted by atomic mass is 15.2. The van der Waals surface area contributed by atoms with Crippen LogP contribution < -0.4 is 16.4 Å². The summed E-state index contributed by atoms with van der Waals surface area (Å²) in [6.45, 7) is 2.08. The molecule has 4 N–H and O–H groups in total. The highest BCUT2D eigenvalue weighted by molar-refractivity contribution is 5.82. The molecule has 0 bridgehead atoms. The smallest absolute Gasteiger partial charge is 0.195 e. The van der Waals surface area contributed by atoms with Gasteiger partial charge in [0.05, 0.1) is 0 Å². The monoisotopic (exact) mass is 194 g/mol. The number of nitrogens with zero attached hydrogens (tertiary/aromatic N) is 1. The fourth-order valence-corrected chi connectivity index (χ4v) is 2.28. The molecule has 0 aromatic rings. The maximum atomic E-state index is 5.76. The van der Waals surface area contributed by atoms with Crippen LogP contribution in [0.25, 0.3) is 0 Å². The number of guanidine groups is 1. The number of nitrogens with two attached hydrogens (primary N) is 1. The number of nitrogens with one attached hydrogen (secondary N) is 2. The van der Waals surface area contributed by atoms with Gasteiger partial charge in [0.15, 0.2) is 5.96 Å². The summed E-state index contributed by atoms with van der Waals surface area (Å²) in [5.74, 6) is 0.530. The van der Waals surface area contributed by atoms with Crippen LogP contribution in [-0.2, 0) is 0 Å². The molecule has 0 saturated carbocycles. The number of aliphatic imine (C=N–C) groups is 1. The van der Waals surface area contributed by atoms with Gasteiger partial charge in [-0.15, -0.1) is 0 Å². The number of likely N-dealkylation sites (N-methyl/N-ethyl adjacent to an activating group) is 1. The maximum absolute atomic E-state index is 5.76. The molecule has 2 rings (SSSR count). The summed E-state index contributed by atoms with van der Waals surface area (Å²) < 4.78 is 0. The standard InChI is InChI=1S/C10H18N4/c1-10(12-2)7-5-3-4-6-8(7)13-9(11)14-10/h12H,3-6H2,1-2H3,(H3,11,13,14). The zero-order chi connectivity index (χ0) is 10.2. The highest BCUT2D eigenvalue weighted by Crippen LogP contribution is 2.33. The second kappa shape index (κ2) is 3.28. The van der Waals surface area contributed by atoms with Gasteiger partial charge in [0.2, 0.25) is 0 Å². The van der Waals surface area contributed by atoms with Crippen molar-refractivity contribution < 1.29 is 0 Å². The zero-order valence-electron chi connectivity index (χ0n) is 8.85. The van der Waals surface area contributed by atoms with Crippen molar-refractivity contribution in [2.24, 2.45) is 10.7 Å². The molecule has 1 aliphatic heterocycles. The Balaban J connectivity index is 2.37. The SMILES string of the molecule is CNC1(C)N=C(N)NC2=C1CCCC2. The van der Waals surface area contributed by atoms with Crippen LogP contribution in [-0.4, -0.2) is 18.7 Å². The van der Waals surface area contributed by atoms with Crippen LogP contribution >= 0.6 is 0 Å². The molecular formula is C10H18N4. The van der Waals surface area contributed by atoms with Gasteiger partial charge < -0.3 is 11.1 Å². The topological polar surface area (TPSA) is 62.4 Å². The molecule has 14 heavy (non-hydrogen) atoms. The Morgan fingerprint density at radius 1 is 1.43 bits per heavy atom. The molecule has 1 aliphatic carbocycles. The van der Waals surface area contributed by atoms with Crippen molar-refractivity contribution in [2.75, 3.05) is 7.05 Å². The number of hydrogen-bond donors (Lipinski definition) is 3. The van der Waals surface area contributed by atoms with E-state index in [1.165, 1.54) is 24.1 Å². The molecule has 4 heteroatoms. The third-order valence-electron chi connectivity index (χ3n) is 3.17. The quantitative estimate of drug-likeness (QED) is 0.575. The minimum atomic E-state index is -0.287. The van der Waals surface area contributed by atoms with Crippen molar-refractivity contribution in [3.63, 3.8) is 0 Å². The fourth-order valence-electron chi connectivity index (χ4n) is 2.28. The molecule has 0 spiro atoms. The summed E-state index contributed by atoms with van der Waals surface area (Å²) in [6.07, 6.45) is 4.73. The highest BCUT2D eigenvalue weighted by Gasteiger charge is 2.33. The Kier molecular flexibility index (Phi) is 2.23. The number of allylic oxidation sites excluding steroid dienone is 1. The summed E-state index contributed by atoms with van der Waals surface area (Å²) in [6, 6.07) is 0. The van der Waals surface area contributed by atoms with Gasteiger partial charge in [-0.1, -0.05) is 0 Å². The van der Waals surface area contributed by atoms with Crippen molar-refractivity contribution in [1.82, 2.24) is 10.6 Å². The molecule has 4 nitrogen and oxygen atoms in total. The molecule has 0 aromatic carbocycles. The molecule has 2 aliphatic rings. The number of rotatable bonds is 1. The van der Waals surface area contributed by atoms with Crippen LogP contribution in [0.1, 0.15) is 32.6 Å². The fraction of sp³-hybridized carbons (Fsp3) is 0.700. The zero-order valence-corrected chi connectivity index (χ0v) is 8.85. The third kappa shape index (κ3) is 1.39. The van der Waals surface area contributed by atoms with E-state index in [0.29, 0.717) is 5.96 Å². The van der Waals surface area contributed by atoms with Crippen molar-refractivity contribution >= 4 is 5.96 Å². The van der Waals surface area contributed by atoms with E-state index in [0.717, 1.165) is 12.8 Å². The van der Waals surface area contributed by atoms with Crippen LogP contribution in [0.5, 0.6) is 0 Å². The molecule has 1 heterocycles. The molecule has 0 amide bonds. The molecule has 0 saturated heterocycles. The van der Waals surface area contributed by atoms with Gasteiger partial charge in [0, 0.05) is 5.70 Å². The van der Waals surface area contributed by atoms with Crippen molar-refractivity contribution in [3.8, 4) is 0 Å². The van der Waals surface area contributed by atoms with Gasteiger partial charge >= 0.3 is 0 Å². The second-order valence-corrected chi connectivity index (χ2v) is 4.11. The molecule has 1 atom stereocenters. The lowest BCUT2D eigenvalue weighted by Gasteiger charge is -2.37. The van der Waals surface area contributed by atoms with Crippen LogP contribution in [0.15, 0.2) is 16.3 Å². The Labute approximate surface area is 84.7 Å². The van der Waals surface area contributed by atoms with E-state index < -0.39 is 0 Å². The average Bonchev–Trinajstić information content (AvgIpc) is 2.17. The first-order valence-corrected chi connectivity index (χ1v) is 5.19. The predicted molar refractivity (Wildman–Crippen MR) is 57.7 cm³/mol. The van der Waals surface area contributed by atoms with E-state index in [1.54, 1.807) is 0 Å². The molecule has 78 valence electrons. The Morgan fingerprint density at radius 3 is 2.86 bits per heavy atom. The van der Waals surface area contributed by atoms with Gasteiger partial charge in [0.25, 0.3) is 0 Å². The van der Waals surface area contributed by atoms with Gasteiger partial charge in [-0.05, 0) is 45.2 Å². The minimum Gasteiger partial charge on any atom is -0.370 e. The van der Waals surface area contributed by atoms with Crippen LogP contribution in [0.2, 0.25) is 0 Å². The van der Waals surface area contributed by atoms with E-state index in [-0.39, 0.29) is 5.66 Å². The van der Waals surface area contributed by atoms with E-state index in [2.05, 4.69) is 22.5 Å². The normalized spacial score (nSPS) is 32.0. The first-order valence-electron chi connectivity index (χ1n) is 5.19. The van der Waals surface area contributed by atoms with Crippen LogP contribution in [0, 0.1) is 0 Å². The third-order valence-corrected chi connectivity index (χ3v) is 3.17. The summed E-state index contributed by atoms with van der Waals surface area (Å²) >= 11 is 0. The Morgan fingerprint density at radius 2 is 2.14 bits per heavy atom. The van der Waals surface area contributed by atoms with Gasteiger partial charge in [-0.2, -0.15) is 0 Å². The Hall–Kier alpha value is -1.03. The van der Waals surface area contributed by atoms with E-state index in [4.69, 9.17) is 5.73 Å². The summed E-state index contributed by atoms with van der Waals surface area (Å²) in [7, 11) is 1.93. The average molecular weight is 194 g/mol. The molecule has 0 aromatic heterocycles. The molecular weight excluding hydrogens is 176 g/mol. The maximum Gasteiger partial charge on any atom is 0.195 e. The van der Waals surface area contributed by atoms with Crippen LogP contribution in [0.3, 0.4) is 0 Å². The molecule has 1 unspecified atom stereocenters. The van der Waals surface area contributed by atoms with E-state index >= 15 is 0 Å². The lowest BCUT2D eigenvalue weighted by molar-refractivity contribution is 0.419.